The molecule has 10 rings (SSSR count). The van der Waals surface area contributed by atoms with E-state index < -0.39 is 0 Å². The molecule has 0 aliphatic heterocycles. The van der Waals surface area contributed by atoms with Gasteiger partial charge in [-0.3, -0.25) is 0 Å². The van der Waals surface area contributed by atoms with Gasteiger partial charge in [0.1, 0.15) is 0 Å². The molecule has 0 fully saturated rings. The van der Waals surface area contributed by atoms with Gasteiger partial charge in [0.25, 0.3) is 0 Å². The van der Waals surface area contributed by atoms with E-state index in [4.69, 9.17) is 0 Å². The molecule has 242 valence electrons. The van der Waals surface area contributed by atoms with Crippen LogP contribution < -0.4 is 0 Å². The van der Waals surface area contributed by atoms with Crippen molar-refractivity contribution in [1.82, 2.24) is 0 Å². The van der Waals surface area contributed by atoms with Gasteiger partial charge >= 0.3 is 0 Å². The van der Waals surface area contributed by atoms with Gasteiger partial charge in [0.05, 0.1) is 0 Å². The Balaban J connectivity index is 1.33. The highest BCUT2D eigenvalue weighted by Crippen LogP contribution is 2.48. The van der Waals surface area contributed by atoms with Crippen molar-refractivity contribution in [2.45, 2.75) is 0 Å². The first-order chi connectivity index (χ1) is 25.8. The molecule has 0 saturated heterocycles. The van der Waals surface area contributed by atoms with Crippen LogP contribution in [-0.4, -0.2) is 0 Å². The highest BCUT2D eigenvalue weighted by Gasteiger charge is 2.21. The predicted octanol–water partition coefficient (Wildman–Crippen LogP) is 14.6. The van der Waals surface area contributed by atoms with Crippen LogP contribution in [0.1, 0.15) is 0 Å². The van der Waals surface area contributed by atoms with Crippen LogP contribution in [0.5, 0.6) is 0 Å². The molecule has 0 aliphatic carbocycles. The Morgan fingerprint density at radius 2 is 0.654 bits per heavy atom. The van der Waals surface area contributed by atoms with Crippen LogP contribution in [0.3, 0.4) is 0 Å². The maximum Gasteiger partial charge on any atom is -0.00199 e. The molecule has 0 aromatic heterocycles. The molecule has 0 aliphatic rings. The average molecular weight is 659 g/mol. The van der Waals surface area contributed by atoms with Crippen molar-refractivity contribution in [2.75, 3.05) is 0 Å². The van der Waals surface area contributed by atoms with Crippen molar-refractivity contribution < 1.29 is 0 Å². The largest absolute Gasteiger partial charge is 0.0622 e. The number of fused-ring (bicyclic) bond motifs is 4. The third kappa shape index (κ3) is 5.00. The second-order valence-corrected chi connectivity index (χ2v) is 13.6. The Kier molecular flexibility index (Phi) is 7.25. The smallest absolute Gasteiger partial charge is 0.00199 e. The molecule has 0 saturated carbocycles. The molecule has 52 heavy (non-hydrogen) atoms. The fraction of sp³-hybridized carbons (Fsp3) is 0. The average Bonchev–Trinajstić information content (AvgIpc) is 3.22. The van der Waals surface area contributed by atoms with E-state index in [9.17, 15) is 0 Å². The summed E-state index contributed by atoms with van der Waals surface area (Å²) in [5, 5.41) is 10.0. The van der Waals surface area contributed by atoms with Gasteiger partial charge in [-0.05, 0) is 111 Å². The molecule has 0 nitrogen and oxygen atoms in total. The summed E-state index contributed by atoms with van der Waals surface area (Å²) in [6.45, 7) is 0. The minimum absolute atomic E-state index is 1.20. The summed E-state index contributed by atoms with van der Waals surface area (Å²) in [7, 11) is 0. The SMILES string of the molecule is c1ccc(-c2ccccc2-c2ccc3c(-c4cccc5ccccc45)c4ccccc4c(-c4ccccc4-c4ccc5ccccc5c4)c3c2)cc1. The van der Waals surface area contributed by atoms with E-state index in [1.54, 1.807) is 0 Å². The predicted molar refractivity (Wildman–Crippen MR) is 224 cm³/mol. The molecular weight excluding hydrogens is 625 g/mol. The lowest BCUT2D eigenvalue weighted by Gasteiger charge is -2.21. The Hall–Kier alpha value is -6.76. The Morgan fingerprint density at radius 3 is 1.40 bits per heavy atom. The lowest BCUT2D eigenvalue weighted by molar-refractivity contribution is 1.59. The van der Waals surface area contributed by atoms with Crippen LogP contribution in [0.4, 0.5) is 0 Å². The van der Waals surface area contributed by atoms with E-state index in [-0.39, 0.29) is 0 Å². The summed E-state index contributed by atoms with van der Waals surface area (Å²) >= 11 is 0. The van der Waals surface area contributed by atoms with Gasteiger partial charge in [-0.15, -0.1) is 0 Å². The molecule has 10 aromatic rings. The van der Waals surface area contributed by atoms with E-state index in [1.165, 1.54) is 98.7 Å². The summed E-state index contributed by atoms with van der Waals surface area (Å²) in [6.07, 6.45) is 0. The van der Waals surface area contributed by atoms with Crippen molar-refractivity contribution in [3.63, 3.8) is 0 Å². The monoisotopic (exact) mass is 658 g/mol. The van der Waals surface area contributed by atoms with Crippen LogP contribution in [0, 0.1) is 0 Å². The van der Waals surface area contributed by atoms with Crippen molar-refractivity contribution >= 4 is 43.1 Å². The molecule has 0 spiro atoms. The molecule has 0 atom stereocenters. The van der Waals surface area contributed by atoms with Gasteiger partial charge in [0.2, 0.25) is 0 Å². The molecule has 0 N–H and O–H groups in total. The van der Waals surface area contributed by atoms with Gasteiger partial charge in [-0.2, -0.15) is 0 Å². The Bertz CT molecular complexity index is 2940. The molecular formula is C52H34. The zero-order chi connectivity index (χ0) is 34.4. The molecule has 0 unspecified atom stereocenters. The van der Waals surface area contributed by atoms with Crippen molar-refractivity contribution in [3.8, 4) is 55.6 Å². The second kappa shape index (κ2) is 12.5. The molecule has 0 amide bonds. The van der Waals surface area contributed by atoms with Gasteiger partial charge in [-0.25, -0.2) is 0 Å². The number of hydrogen-bond acceptors (Lipinski definition) is 0. The minimum atomic E-state index is 1.20. The van der Waals surface area contributed by atoms with Crippen molar-refractivity contribution in [2.24, 2.45) is 0 Å². The molecule has 0 bridgehead atoms. The fourth-order valence-electron chi connectivity index (χ4n) is 8.28. The van der Waals surface area contributed by atoms with E-state index in [0.717, 1.165) is 0 Å². The maximum atomic E-state index is 2.45. The molecule has 0 heterocycles. The van der Waals surface area contributed by atoms with E-state index in [0.29, 0.717) is 0 Å². The van der Waals surface area contributed by atoms with Crippen LogP contribution in [0.25, 0.3) is 98.7 Å². The summed E-state index contributed by atoms with van der Waals surface area (Å²) in [5.41, 5.74) is 12.4. The Morgan fingerprint density at radius 1 is 0.192 bits per heavy atom. The van der Waals surface area contributed by atoms with E-state index >= 15 is 0 Å². The highest BCUT2D eigenvalue weighted by atomic mass is 14.2. The topological polar surface area (TPSA) is 0 Å². The lowest BCUT2D eigenvalue weighted by Crippen LogP contribution is -1.94. The quantitative estimate of drug-likeness (QED) is 0.161. The number of hydrogen-bond donors (Lipinski definition) is 0. The van der Waals surface area contributed by atoms with Gasteiger partial charge in [0.15, 0.2) is 0 Å². The summed E-state index contributed by atoms with van der Waals surface area (Å²) in [4.78, 5) is 0. The molecule has 0 radical (unpaired) electrons. The first-order valence-corrected chi connectivity index (χ1v) is 18.0. The lowest BCUT2D eigenvalue weighted by atomic mass is 9.81. The zero-order valence-corrected chi connectivity index (χ0v) is 28.6. The maximum absolute atomic E-state index is 2.45. The van der Waals surface area contributed by atoms with Crippen LogP contribution in [-0.2, 0) is 0 Å². The summed E-state index contributed by atoms with van der Waals surface area (Å²) in [6, 6.07) is 75.6. The fourth-order valence-corrected chi connectivity index (χ4v) is 8.28. The normalized spacial score (nSPS) is 11.5. The van der Waals surface area contributed by atoms with Crippen molar-refractivity contribution in [1.29, 1.82) is 0 Å². The third-order valence-corrected chi connectivity index (χ3v) is 10.7. The van der Waals surface area contributed by atoms with Crippen molar-refractivity contribution in [3.05, 3.63) is 206 Å². The number of benzene rings is 10. The van der Waals surface area contributed by atoms with E-state index in [2.05, 4.69) is 206 Å². The second-order valence-electron chi connectivity index (χ2n) is 13.6. The number of rotatable bonds is 5. The highest BCUT2D eigenvalue weighted by molar-refractivity contribution is 6.25. The van der Waals surface area contributed by atoms with Crippen LogP contribution in [0.15, 0.2) is 206 Å². The standard InChI is InChI=1S/C52H34/c1-2-16-36(17-3-1)41-21-8-9-23-43(41)40-31-32-49-50(34-40)52(45-25-11-10-24-44(45)39-30-29-35-15-4-5-19-38(35)33-39)48-27-13-12-26-47(48)51(49)46-28-14-20-37-18-6-7-22-42(37)46/h1-34H. The third-order valence-electron chi connectivity index (χ3n) is 10.7. The van der Waals surface area contributed by atoms with Gasteiger partial charge < -0.3 is 0 Å². The first kappa shape index (κ1) is 30.1. The Labute approximate surface area is 303 Å². The zero-order valence-electron chi connectivity index (χ0n) is 28.6. The first-order valence-electron chi connectivity index (χ1n) is 18.0. The minimum Gasteiger partial charge on any atom is -0.0622 e. The molecule has 10 aromatic carbocycles. The van der Waals surface area contributed by atoms with Crippen LogP contribution >= 0.6 is 0 Å². The van der Waals surface area contributed by atoms with Crippen LogP contribution in [0.2, 0.25) is 0 Å². The van der Waals surface area contributed by atoms with E-state index in [1.807, 2.05) is 0 Å². The summed E-state index contributed by atoms with van der Waals surface area (Å²) in [5.74, 6) is 0. The summed E-state index contributed by atoms with van der Waals surface area (Å²) < 4.78 is 0. The molecule has 0 heteroatoms. The van der Waals surface area contributed by atoms with Gasteiger partial charge in [0, 0.05) is 0 Å². The van der Waals surface area contributed by atoms with Gasteiger partial charge in [-0.1, -0.05) is 194 Å².